The lowest BCUT2D eigenvalue weighted by molar-refractivity contribution is 0.845. The Bertz CT molecular complexity index is 555. The molecule has 4 N–H and O–H groups in total. The van der Waals surface area contributed by atoms with Gasteiger partial charge in [-0.15, -0.1) is 11.3 Å². The first-order valence-electron chi connectivity index (χ1n) is 5.90. The van der Waals surface area contributed by atoms with Crippen LogP contribution in [0.25, 0.3) is 0 Å². The normalized spacial score (nSPS) is 10.8. The van der Waals surface area contributed by atoms with E-state index in [-0.39, 0.29) is 5.92 Å². The minimum atomic E-state index is 0.279. The Morgan fingerprint density at radius 1 is 1.37 bits per heavy atom. The number of rotatable bonds is 5. The van der Waals surface area contributed by atoms with Gasteiger partial charge >= 0.3 is 0 Å². The Hall–Kier alpha value is -1.18. The smallest absolute Gasteiger partial charge is 0.148 e. The number of nitrogens with zero attached hydrogens (tertiary/aromatic N) is 2. The summed E-state index contributed by atoms with van der Waals surface area (Å²) in [6, 6.07) is 2.04. The van der Waals surface area contributed by atoms with Crippen LogP contribution < -0.4 is 16.6 Å². The maximum Gasteiger partial charge on any atom is 0.148 e. The number of nitrogens with one attached hydrogen (secondary N) is 2. The van der Waals surface area contributed by atoms with Gasteiger partial charge in [0.25, 0.3) is 0 Å². The van der Waals surface area contributed by atoms with Crippen LogP contribution in [0.1, 0.15) is 30.2 Å². The molecule has 0 aliphatic heterocycles. The predicted molar refractivity (Wildman–Crippen MR) is 83.3 cm³/mol. The number of hydrogen-bond acceptors (Lipinski definition) is 6. The van der Waals surface area contributed by atoms with Crippen LogP contribution in [0.15, 0.2) is 22.2 Å². The van der Waals surface area contributed by atoms with Crippen LogP contribution in [-0.4, -0.2) is 9.97 Å². The summed E-state index contributed by atoms with van der Waals surface area (Å²) in [6.45, 7) is 4.90. The van der Waals surface area contributed by atoms with Crippen LogP contribution >= 0.6 is 27.3 Å². The van der Waals surface area contributed by atoms with Crippen molar-refractivity contribution in [1.82, 2.24) is 9.97 Å². The van der Waals surface area contributed by atoms with Gasteiger partial charge in [0.15, 0.2) is 0 Å². The summed E-state index contributed by atoms with van der Waals surface area (Å²) in [7, 11) is 0. The predicted octanol–water partition coefficient (Wildman–Crippen LogP) is 3.32. The molecule has 2 rings (SSSR count). The Balaban J connectivity index is 2.22. The van der Waals surface area contributed by atoms with E-state index in [9.17, 15) is 0 Å². The standard InChI is InChI=1S/C12H16BrN5S/c1-7(2)10-11(16-6-17-12(10)18-14)15-5-9-8(13)3-4-19-9/h3-4,6-7H,5,14H2,1-2H3,(H2,15,16,17,18). The second kappa shape index (κ2) is 6.31. The molecule has 0 unspecified atom stereocenters. The van der Waals surface area contributed by atoms with Crippen LogP contribution in [0, 0.1) is 0 Å². The fraction of sp³-hybridized carbons (Fsp3) is 0.333. The second-order valence-electron chi connectivity index (χ2n) is 4.33. The van der Waals surface area contributed by atoms with Gasteiger partial charge in [-0.1, -0.05) is 13.8 Å². The number of aromatic nitrogens is 2. The average molecular weight is 342 g/mol. The zero-order valence-corrected chi connectivity index (χ0v) is 13.2. The van der Waals surface area contributed by atoms with Crippen LogP contribution in [0.2, 0.25) is 0 Å². The first kappa shape index (κ1) is 14.2. The van der Waals surface area contributed by atoms with E-state index < -0.39 is 0 Å². The van der Waals surface area contributed by atoms with Crippen LogP contribution in [0.5, 0.6) is 0 Å². The first-order valence-corrected chi connectivity index (χ1v) is 7.58. The number of halogens is 1. The van der Waals surface area contributed by atoms with E-state index in [4.69, 9.17) is 5.84 Å². The molecular weight excluding hydrogens is 326 g/mol. The Morgan fingerprint density at radius 3 is 2.68 bits per heavy atom. The van der Waals surface area contributed by atoms with E-state index in [0.717, 1.165) is 22.4 Å². The van der Waals surface area contributed by atoms with Crippen molar-refractivity contribution >= 4 is 38.9 Å². The van der Waals surface area contributed by atoms with Gasteiger partial charge in [0, 0.05) is 14.9 Å². The first-order chi connectivity index (χ1) is 9.13. The maximum absolute atomic E-state index is 5.50. The van der Waals surface area contributed by atoms with E-state index in [0.29, 0.717) is 5.82 Å². The molecule has 7 heteroatoms. The molecular formula is C12H16BrN5S. The Labute approximate surface area is 124 Å². The monoisotopic (exact) mass is 341 g/mol. The molecule has 5 nitrogen and oxygen atoms in total. The third kappa shape index (κ3) is 3.23. The molecule has 0 radical (unpaired) electrons. The molecule has 0 aromatic carbocycles. The van der Waals surface area contributed by atoms with E-state index in [1.807, 2.05) is 6.07 Å². The third-order valence-corrected chi connectivity index (χ3v) is 4.63. The maximum atomic E-state index is 5.50. The van der Waals surface area contributed by atoms with Gasteiger partial charge in [-0.2, -0.15) is 0 Å². The molecule has 0 spiro atoms. The molecule has 2 heterocycles. The number of anilines is 2. The molecule has 0 bridgehead atoms. The van der Waals surface area contributed by atoms with Gasteiger partial charge in [-0.25, -0.2) is 15.8 Å². The van der Waals surface area contributed by atoms with E-state index in [2.05, 4.69) is 55.9 Å². The van der Waals surface area contributed by atoms with Crippen LogP contribution in [-0.2, 0) is 6.54 Å². The highest BCUT2D eigenvalue weighted by atomic mass is 79.9. The lowest BCUT2D eigenvalue weighted by Crippen LogP contribution is -2.15. The van der Waals surface area contributed by atoms with E-state index in [1.165, 1.54) is 11.2 Å². The molecule has 0 amide bonds. The van der Waals surface area contributed by atoms with Crippen molar-refractivity contribution in [3.63, 3.8) is 0 Å². The number of thiophene rings is 1. The van der Waals surface area contributed by atoms with E-state index >= 15 is 0 Å². The van der Waals surface area contributed by atoms with Crippen molar-refractivity contribution in [1.29, 1.82) is 0 Å². The van der Waals surface area contributed by atoms with Crippen LogP contribution in [0.4, 0.5) is 11.6 Å². The summed E-state index contributed by atoms with van der Waals surface area (Å²) in [5, 5.41) is 5.40. The summed E-state index contributed by atoms with van der Waals surface area (Å²) in [5.74, 6) is 7.26. The summed E-state index contributed by atoms with van der Waals surface area (Å²) in [5.41, 5.74) is 3.62. The fourth-order valence-electron chi connectivity index (χ4n) is 1.81. The van der Waals surface area contributed by atoms with Crippen LogP contribution in [0.3, 0.4) is 0 Å². The van der Waals surface area contributed by atoms with Gasteiger partial charge in [0.2, 0.25) is 0 Å². The highest BCUT2D eigenvalue weighted by Crippen LogP contribution is 2.29. The number of nitrogens with two attached hydrogens (primary N) is 1. The average Bonchev–Trinajstić information content (AvgIpc) is 2.81. The van der Waals surface area contributed by atoms with Gasteiger partial charge in [0.1, 0.15) is 18.0 Å². The molecule has 2 aromatic heterocycles. The Morgan fingerprint density at radius 2 is 2.11 bits per heavy atom. The topological polar surface area (TPSA) is 75.9 Å². The third-order valence-electron chi connectivity index (χ3n) is 2.71. The highest BCUT2D eigenvalue weighted by molar-refractivity contribution is 9.10. The van der Waals surface area contributed by atoms with Gasteiger partial charge in [0.05, 0.1) is 6.54 Å². The van der Waals surface area contributed by atoms with Crippen molar-refractivity contribution in [2.24, 2.45) is 5.84 Å². The number of hydrogen-bond donors (Lipinski definition) is 3. The molecule has 0 aliphatic rings. The SMILES string of the molecule is CC(C)c1c(NN)ncnc1NCc1sccc1Br. The number of hydrazine groups is 1. The molecule has 0 saturated heterocycles. The second-order valence-corrected chi connectivity index (χ2v) is 6.18. The summed E-state index contributed by atoms with van der Waals surface area (Å²) in [6.07, 6.45) is 1.51. The molecule has 0 aliphatic carbocycles. The zero-order chi connectivity index (χ0) is 13.8. The van der Waals surface area contributed by atoms with E-state index in [1.54, 1.807) is 11.3 Å². The Kier molecular flexibility index (Phi) is 4.73. The van der Waals surface area contributed by atoms with Crippen molar-refractivity contribution in [3.8, 4) is 0 Å². The molecule has 2 aromatic rings. The fourth-order valence-corrected chi connectivity index (χ4v) is 3.25. The molecule has 0 atom stereocenters. The zero-order valence-electron chi connectivity index (χ0n) is 10.8. The quantitative estimate of drug-likeness (QED) is 0.574. The van der Waals surface area contributed by atoms with Gasteiger partial charge in [-0.3, -0.25) is 0 Å². The summed E-state index contributed by atoms with van der Waals surface area (Å²) < 4.78 is 1.11. The number of nitrogen functional groups attached to an aromatic ring is 1. The summed E-state index contributed by atoms with van der Waals surface area (Å²) >= 11 is 5.22. The summed E-state index contributed by atoms with van der Waals surface area (Å²) in [4.78, 5) is 9.69. The van der Waals surface area contributed by atoms with Crippen molar-refractivity contribution < 1.29 is 0 Å². The van der Waals surface area contributed by atoms with Crippen molar-refractivity contribution in [3.05, 3.63) is 32.7 Å². The molecule has 0 saturated carbocycles. The largest absolute Gasteiger partial charge is 0.365 e. The highest BCUT2D eigenvalue weighted by Gasteiger charge is 2.14. The minimum absolute atomic E-state index is 0.279. The van der Waals surface area contributed by atoms with Gasteiger partial charge in [-0.05, 0) is 33.3 Å². The molecule has 0 fully saturated rings. The lowest BCUT2D eigenvalue weighted by Gasteiger charge is -2.16. The van der Waals surface area contributed by atoms with Crippen molar-refractivity contribution in [2.75, 3.05) is 10.7 Å². The minimum Gasteiger partial charge on any atom is -0.365 e. The van der Waals surface area contributed by atoms with Gasteiger partial charge < -0.3 is 10.7 Å². The molecule has 19 heavy (non-hydrogen) atoms. The van der Waals surface area contributed by atoms with Crippen molar-refractivity contribution in [2.45, 2.75) is 26.3 Å². The molecule has 102 valence electrons. The lowest BCUT2D eigenvalue weighted by atomic mass is 10.0.